The topological polar surface area (TPSA) is 69.4 Å². The average molecular weight is 265 g/mol. The number of nitrogens with zero attached hydrogens (tertiary/aromatic N) is 1. The molecule has 0 aromatic heterocycles. The van der Waals surface area contributed by atoms with Gasteiger partial charge in [-0.1, -0.05) is 20.8 Å². The second-order valence-corrected chi connectivity index (χ2v) is 5.47. The van der Waals surface area contributed by atoms with E-state index in [1.54, 1.807) is 6.07 Å². The second-order valence-electron chi connectivity index (χ2n) is 5.47. The van der Waals surface area contributed by atoms with Crippen LogP contribution in [-0.2, 0) is 11.2 Å². The third-order valence-electron chi connectivity index (χ3n) is 2.87. The highest BCUT2D eigenvalue weighted by Crippen LogP contribution is 2.24. The van der Waals surface area contributed by atoms with Crippen LogP contribution in [0.5, 0.6) is 5.75 Å². The molecule has 0 aliphatic carbocycles. The summed E-state index contributed by atoms with van der Waals surface area (Å²) in [4.78, 5) is 22.2. The van der Waals surface area contributed by atoms with Gasteiger partial charge in [0, 0.05) is 17.9 Å². The van der Waals surface area contributed by atoms with Crippen molar-refractivity contribution in [2.75, 3.05) is 7.11 Å². The molecule has 5 nitrogen and oxygen atoms in total. The molecule has 0 N–H and O–H groups in total. The number of rotatable bonds is 5. The summed E-state index contributed by atoms with van der Waals surface area (Å²) in [5.74, 6) is 0.574. The summed E-state index contributed by atoms with van der Waals surface area (Å²) in [5, 5.41) is 10.8. The van der Waals surface area contributed by atoms with Crippen molar-refractivity contribution in [3.63, 3.8) is 0 Å². The van der Waals surface area contributed by atoms with Gasteiger partial charge in [-0.2, -0.15) is 0 Å². The Morgan fingerprint density at radius 1 is 1.32 bits per heavy atom. The van der Waals surface area contributed by atoms with Crippen molar-refractivity contribution in [3.8, 4) is 5.75 Å². The standard InChI is InChI=1S/C14H19NO4/c1-14(2,3)13(16)6-5-10-7-11(15(17)18)9-12(8-10)19-4/h7-9H,5-6H2,1-4H3. The van der Waals surface area contributed by atoms with Gasteiger partial charge in [-0.3, -0.25) is 14.9 Å². The van der Waals surface area contributed by atoms with Crippen LogP contribution in [0.4, 0.5) is 5.69 Å². The molecule has 0 saturated heterocycles. The lowest BCUT2D eigenvalue weighted by Gasteiger charge is -2.16. The molecular weight excluding hydrogens is 246 g/mol. The van der Waals surface area contributed by atoms with Gasteiger partial charge in [-0.25, -0.2) is 0 Å². The number of nitro benzene ring substituents is 1. The van der Waals surface area contributed by atoms with Gasteiger partial charge < -0.3 is 4.74 Å². The van der Waals surface area contributed by atoms with Crippen molar-refractivity contribution in [1.82, 2.24) is 0 Å². The highest BCUT2D eigenvalue weighted by Gasteiger charge is 2.21. The van der Waals surface area contributed by atoms with Crippen LogP contribution in [0.15, 0.2) is 18.2 Å². The number of ketones is 1. The van der Waals surface area contributed by atoms with E-state index < -0.39 is 4.92 Å². The van der Waals surface area contributed by atoms with Gasteiger partial charge in [0.1, 0.15) is 11.5 Å². The predicted molar refractivity (Wildman–Crippen MR) is 72.4 cm³/mol. The lowest BCUT2D eigenvalue weighted by Crippen LogP contribution is -2.20. The zero-order valence-corrected chi connectivity index (χ0v) is 11.7. The number of hydrogen-bond donors (Lipinski definition) is 0. The van der Waals surface area contributed by atoms with Crippen LogP contribution >= 0.6 is 0 Å². The molecule has 1 rings (SSSR count). The monoisotopic (exact) mass is 265 g/mol. The third-order valence-corrected chi connectivity index (χ3v) is 2.87. The fourth-order valence-electron chi connectivity index (χ4n) is 1.64. The number of ether oxygens (including phenoxy) is 1. The smallest absolute Gasteiger partial charge is 0.273 e. The molecule has 0 atom stereocenters. The molecule has 0 radical (unpaired) electrons. The lowest BCUT2D eigenvalue weighted by molar-refractivity contribution is -0.385. The number of carbonyl (C=O) groups excluding carboxylic acids is 1. The van der Waals surface area contributed by atoms with Gasteiger partial charge in [0.15, 0.2) is 0 Å². The van der Waals surface area contributed by atoms with E-state index >= 15 is 0 Å². The Hall–Kier alpha value is -1.91. The summed E-state index contributed by atoms with van der Waals surface area (Å²) < 4.78 is 5.03. The number of benzene rings is 1. The van der Waals surface area contributed by atoms with Gasteiger partial charge in [0.2, 0.25) is 0 Å². The predicted octanol–water partition coefficient (Wildman–Crippen LogP) is 3.15. The summed E-state index contributed by atoms with van der Waals surface area (Å²) in [7, 11) is 1.46. The molecule has 5 heteroatoms. The number of methoxy groups -OCH3 is 1. The minimum atomic E-state index is -0.461. The maximum atomic E-state index is 11.8. The molecule has 0 amide bonds. The largest absolute Gasteiger partial charge is 0.496 e. The Morgan fingerprint density at radius 2 is 1.95 bits per heavy atom. The van der Waals surface area contributed by atoms with Crippen molar-refractivity contribution >= 4 is 11.5 Å². The quantitative estimate of drug-likeness (QED) is 0.605. The van der Waals surface area contributed by atoms with E-state index in [0.717, 1.165) is 5.56 Å². The first-order chi connectivity index (χ1) is 8.74. The van der Waals surface area contributed by atoms with Crippen molar-refractivity contribution < 1.29 is 14.5 Å². The molecule has 1 aromatic rings. The zero-order chi connectivity index (χ0) is 14.6. The van der Waals surface area contributed by atoms with Crippen molar-refractivity contribution in [2.24, 2.45) is 5.41 Å². The van der Waals surface area contributed by atoms with Gasteiger partial charge >= 0.3 is 0 Å². The first-order valence-corrected chi connectivity index (χ1v) is 6.09. The normalized spacial score (nSPS) is 11.2. The number of non-ortho nitro benzene ring substituents is 1. The van der Waals surface area contributed by atoms with Crippen LogP contribution in [0.25, 0.3) is 0 Å². The Morgan fingerprint density at radius 3 is 2.42 bits per heavy atom. The summed E-state index contributed by atoms with van der Waals surface area (Å²) in [6.45, 7) is 5.59. The molecule has 104 valence electrons. The lowest BCUT2D eigenvalue weighted by atomic mass is 9.87. The van der Waals surface area contributed by atoms with Crippen LogP contribution in [0.2, 0.25) is 0 Å². The van der Waals surface area contributed by atoms with Gasteiger partial charge in [0.25, 0.3) is 5.69 Å². The van der Waals surface area contributed by atoms with Crippen molar-refractivity contribution in [2.45, 2.75) is 33.6 Å². The van der Waals surface area contributed by atoms with E-state index in [1.165, 1.54) is 19.2 Å². The molecule has 0 heterocycles. The fourth-order valence-corrected chi connectivity index (χ4v) is 1.64. The zero-order valence-electron chi connectivity index (χ0n) is 11.7. The van der Waals surface area contributed by atoms with Crippen molar-refractivity contribution in [3.05, 3.63) is 33.9 Å². The van der Waals surface area contributed by atoms with E-state index in [9.17, 15) is 14.9 Å². The van der Waals surface area contributed by atoms with Crippen LogP contribution in [0.3, 0.4) is 0 Å². The Labute approximate surface area is 112 Å². The minimum Gasteiger partial charge on any atom is -0.496 e. The molecular formula is C14H19NO4. The van der Waals surface area contributed by atoms with Crippen LogP contribution < -0.4 is 4.74 Å². The first kappa shape index (κ1) is 15.1. The molecule has 0 bridgehead atoms. The Kier molecular flexibility index (Phi) is 4.64. The SMILES string of the molecule is COc1cc(CCC(=O)C(C)(C)C)cc([N+](=O)[O-])c1. The molecule has 0 aliphatic heterocycles. The molecule has 19 heavy (non-hydrogen) atoms. The van der Waals surface area contributed by atoms with E-state index in [-0.39, 0.29) is 16.9 Å². The number of nitro groups is 1. The first-order valence-electron chi connectivity index (χ1n) is 6.09. The van der Waals surface area contributed by atoms with E-state index in [4.69, 9.17) is 4.74 Å². The number of hydrogen-bond acceptors (Lipinski definition) is 4. The highest BCUT2D eigenvalue weighted by molar-refractivity contribution is 5.83. The summed E-state index contributed by atoms with van der Waals surface area (Å²) in [5.41, 5.74) is 0.339. The Balaban J connectivity index is 2.86. The molecule has 0 spiro atoms. The molecule has 0 fully saturated rings. The van der Waals surface area contributed by atoms with E-state index in [1.807, 2.05) is 20.8 Å². The van der Waals surface area contributed by atoms with E-state index in [0.29, 0.717) is 18.6 Å². The highest BCUT2D eigenvalue weighted by atomic mass is 16.6. The third kappa shape index (κ3) is 4.35. The minimum absolute atomic E-state index is 0.0162. The average Bonchev–Trinajstić information content (AvgIpc) is 2.34. The molecule has 1 aromatic carbocycles. The maximum absolute atomic E-state index is 11.8. The number of aryl methyl sites for hydroxylation is 1. The maximum Gasteiger partial charge on any atom is 0.273 e. The van der Waals surface area contributed by atoms with Gasteiger partial charge in [-0.05, 0) is 18.1 Å². The Bertz CT molecular complexity index is 489. The number of carbonyl (C=O) groups is 1. The molecule has 0 saturated carbocycles. The van der Waals surface area contributed by atoms with E-state index in [2.05, 4.69) is 0 Å². The fraction of sp³-hybridized carbons (Fsp3) is 0.500. The van der Waals surface area contributed by atoms with Crippen molar-refractivity contribution in [1.29, 1.82) is 0 Å². The van der Waals surface area contributed by atoms with Gasteiger partial charge in [0.05, 0.1) is 18.1 Å². The molecule has 0 unspecified atom stereocenters. The molecule has 0 aliphatic rings. The summed E-state index contributed by atoms with van der Waals surface area (Å²) in [6.07, 6.45) is 0.849. The van der Waals surface area contributed by atoms with Crippen LogP contribution in [0, 0.1) is 15.5 Å². The summed E-state index contributed by atoms with van der Waals surface area (Å²) in [6, 6.07) is 4.58. The number of Topliss-reactive ketones (excluding diaryl/α,β-unsaturated/α-hetero) is 1. The van der Waals surface area contributed by atoms with Crippen LogP contribution in [0.1, 0.15) is 32.8 Å². The van der Waals surface area contributed by atoms with Gasteiger partial charge in [-0.15, -0.1) is 0 Å². The second kappa shape index (κ2) is 5.82. The van der Waals surface area contributed by atoms with Crippen LogP contribution in [-0.4, -0.2) is 17.8 Å². The summed E-state index contributed by atoms with van der Waals surface area (Å²) >= 11 is 0.